The Hall–Kier alpha value is -1.42. The maximum absolute atomic E-state index is 10.3. The number of hydrogen-bond acceptors (Lipinski definition) is 3. The molecule has 0 heterocycles. The summed E-state index contributed by atoms with van der Waals surface area (Å²) >= 11 is 5.90. The van der Waals surface area contributed by atoms with Crippen LogP contribution < -0.4 is 10.1 Å². The summed E-state index contributed by atoms with van der Waals surface area (Å²) in [6.45, 7) is 0.734. The fraction of sp³-hybridized carbons (Fsp3) is 0.417. The first-order valence-corrected chi connectivity index (χ1v) is 5.80. The third kappa shape index (κ3) is 4.95. The van der Waals surface area contributed by atoms with Crippen LogP contribution >= 0.6 is 11.6 Å². The van der Waals surface area contributed by atoms with Gasteiger partial charge in [-0.15, -0.1) is 0 Å². The van der Waals surface area contributed by atoms with Crippen molar-refractivity contribution in [1.29, 1.82) is 0 Å². The second-order valence-corrected chi connectivity index (χ2v) is 4.03. The van der Waals surface area contributed by atoms with Crippen molar-refractivity contribution < 1.29 is 14.6 Å². The van der Waals surface area contributed by atoms with Crippen molar-refractivity contribution in [3.05, 3.63) is 23.2 Å². The molecule has 0 spiro atoms. The summed E-state index contributed by atoms with van der Waals surface area (Å²) < 4.78 is 5.09. The fourth-order valence-corrected chi connectivity index (χ4v) is 1.60. The Bertz CT molecular complexity index is 382. The molecule has 0 aliphatic carbocycles. The Morgan fingerprint density at radius 2 is 2.24 bits per heavy atom. The Morgan fingerprint density at radius 1 is 1.47 bits per heavy atom. The predicted molar refractivity (Wildman–Crippen MR) is 68.0 cm³/mol. The molecular weight excluding hydrogens is 242 g/mol. The maximum Gasteiger partial charge on any atom is 0.303 e. The fourth-order valence-electron chi connectivity index (χ4n) is 1.40. The Balaban J connectivity index is 2.34. The van der Waals surface area contributed by atoms with Crippen LogP contribution in [0.5, 0.6) is 5.75 Å². The first-order valence-electron chi connectivity index (χ1n) is 5.42. The van der Waals surface area contributed by atoms with E-state index in [0.29, 0.717) is 17.2 Å². The molecule has 17 heavy (non-hydrogen) atoms. The molecule has 0 atom stereocenters. The largest absolute Gasteiger partial charge is 0.495 e. The maximum atomic E-state index is 10.3. The summed E-state index contributed by atoms with van der Waals surface area (Å²) in [5.74, 6) is -0.125. The van der Waals surface area contributed by atoms with E-state index in [9.17, 15) is 4.79 Å². The van der Waals surface area contributed by atoms with E-state index < -0.39 is 5.97 Å². The molecule has 0 aromatic heterocycles. The monoisotopic (exact) mass is 257 g/mol. The Labute approximate surface area is 106 Å². The van der Waals surface area contributed by atoms with Gasteiger partial charge < -0.3 is 15.2 Å². The Morgan fingerprint density at radius 3 is 2.88 bits per heavy atom. The standard InChI is InChI=1S/C12H16ClNO3/c1-17-11-8-9(5-6-10(11)13)14-7-3-2-4-12(15)16/h5-6,8,14H,2-4,7H2,1H3,(H,15,16). The summed E-state index contributed by atoms with van der Waals surface area (Å²) in [5.41, 5.74) is 0.918. The molecule has 2 N–H and O–H groups in total. The van der Waals surface area contributed by atoms with Crippen LogP contribution in [-0.2, 0) is 4.79 Å². The number of carboxylic acid groups (broad SMARTS) is 1. The predicted octanol–water partition coefficient (Wildman–Crippen LogP) is 3.02. The zero-order chi connectivity index (χ0) is 12.7. The molecule has 0 amide bonds. The van der Waals surface area contributed by atoms with Crippen LogP contribution in [0.3, 0.4) is 0 Å². The van der Waals surface area contributed by atoms with E-state index >= 15 is 0 Å². The number of unbranched alkanes of at least 4 members (excludes halogenated alkanes) is 1. The topological polar surface area (TPSA) is 58.6 Å². The number of carbonyl (C=O) groups is 1. The number of halogens is 1. The first kappa shape index (κ1) is 13.6. The van der Waals surface area contributed by atoms with Gasteiger partial charge in [-0.2, -0.15) is 0 Å². The number of carboxylic acids is 1. The normalized spacial score (nSPS) is 10.0. The molecular formula is C12H16ClNO3. The molecule has 0 bridgehead atoms. The van der Waals surface area contributed by atoms with Crippen molar-refractivity contribution in [3.8, 4) is 5.75 Å². The number of hydrogen-bond donors (Lipinski definition) is 2. The van der Waals surface area contributed by atoms with E-state index in [1.54, 1.807) is 13.2 Å². The Kier molecular flexibility index (Phi) is 5.63. The van der Waals surface area contributed by atoms with E-state index in [2.05, 4.69) is 5.32 Å². The smallest absolute Gasteiger partial charge is 0.303 e. The van der Waals surface area contributed by atoms with Crippen molar-refractivity contribution in [2.75, 3.05) is 19.0 Å². The van der Waals surface area contributed by atoms with E-state index in [1.165, 1.54) is 0 Å². The minimum atomic E-state index is -0.752. The lowest BCUT2D eigenvalue weighted by molar-refractivity contribution is -0.137. The summed E-state index contributed by atoms with van der Waals surface area (Å²) in [4.78, 5) is 10.3. The molecule has 1 aromatic carbocycles. The average Bonchev–Trinajstić information content (AvgIpc) is 2.30. The van der Waals surface area contributed by atoms with Gasteiger partial charge in [0.05, 0.1) is 12.1 Å². The summed E-state index contributed by atoms with van der Waals surface area (Å²) in [7, 11) is 1.57. The molecule has 1 aromatic rings. The van der Waals surface area contributed by atoms with Crippen molar-refractivity contribution >= 4 is 23.3 Å². The van der Waals surface area contributed by atoms with Gasteiger partial charge in [-0.05, 0) is 25.0 Å². The van der Waals surface area contributed by atoms with Gasteiger partial charge in [0.2, 0.25) is 0 Å². The quantitative estimate of drug-likeness (QED) is 0.737. The van der Waals surface area contributed by atoms with Crippen LogP contribution in [0.4, 0.5) is 5.69 Å². The second-order valence-electron chi connectivity index (χ2n) is 3.63. The lowest BCUT2D eigenvalue weighted by atomic mass is 10.2. The second kappa shape index (κ2) is 7.01. The van der Waals surface area contributed by atoms with Crippen LogP contribution in [-0.4, -0.2) is 24.7 Å². The van der Waals surface area contributed by atoms with E-state index in [1.807, 2.05) is 12.1 Å². The van der Waals surface area contributed by atoms with Crippen LogP contribution in [0, 0.1) is 0 Å². The highest BCUT2D eigenvalue weighted by atomic mass is 35.5. The number of ether oxygens (including phenoxy) is 1. The molecule has 1 rings (SSSR count). The molecule has 0 saturated carbocycles. The molecule has 0 aliphatic rings. The summed E-state index contributed by atoms with van der Waals surface area (Å²) in [6, 6.07) is 5.45. The molecule has 0 saturated heterocycles. The zero-order valence-electron chi connectivity index (χ0n) is 9.70. The molecule has 0 radical (unpaired) electrons. The first-order chi connectivity index (χ1) is 8.13. The van der Waals surface area contributed by atoms with Crippen molar-refractivity contribution in [2.45, 2.75) is 19.3 Å². The molecule has 0 fully saturated rings. The third-order valence-corrected chi connectivity index (χ3v) is 2.61. The highest BCUT2D eigenvalue weighted by Gasteiger charge is 2.01. The number of methoxy groups -OCH3 is 1. The van der Waals surface area contributed by atoms with Gasteiger partial charge in [0.1, 0.15) is 5.75 Å². The number of benzene rings is 1. The van der Waals surface area contributed by atoms with Crippen LogP contribution in [0.25, 0.3) is 0 Å². The SMILES string of the molecule is COc1cc(NCCCCC(=O)O)ccc1Cl. The van der Waals surface area contributed by atoms with Gasteiger partial charge in [-0.1, -0.05) is 11.6 Å². The minimum absolute atomic E-state index is 0.214. The van der Waals surface area contributed by atoms with Gasteiger partial charge in [0.25, 0.3) is 0 Å². The van der Waals surface area contributed by atoms with Gasteiger partial charge in [-0.25, -0.2) is 0 Å². The van der Waals surface area contributed by atoms with Gasteiger partial charge in [0.15, 0.2) is 0 Å². The van der Waals surface area contributed by atoms with Gasteiger partial charge in [-0.3, -0.25) is 4.79 Å². The zero-order valence-corrected chi connectivity index (χ0v) is 10.5. The highest BCUT2D eigenvalue weighted by molar-refractivity contribution is 6.32. The van der Waals surface area contributed by atoms with E-state index in [-0.39, 0.29) is 6.42 Å². The molecule has 94 valence electrons. The summed E-state index contributed by atoms with van der Waals surface area (Å²) in [5, 5.41) is 12.2. The average molecular weight is 258 g/mol. The molecule has 5 heteroatoms. The lowest BCUT2D eigenvalue weighted by Crippen LogP contribution is -2.03. The number of anilines is 1. The van der Waals surface area contributed by atoms with Gasteiger partial charge >= 0.3 is 5.97 Å². The van der Waals surface area contributed by atoms with Crippen LogP contribution in [0.15, 0.2) is 18.2 Å². The molecule has 0 unspecified atom stereocenters. The van der Waals surface area contributed by atoms with Crippen LogP contribution in [0.1, 0.15) is 19.3 Å². The van der Waals surface area contributed by atoms with Crippen LogP contribution in [0.2, 0.25) is 5.02 Å². The third-order valence-electron chi connectivity index (χ3n) is 2.30. The van der Waals surface area contributed by atoms with E-state index in [4.69, 9.17) is 21.4 Å². The molecule has 0 aliphatic heterocycles. The minimum Gasteiger partial charge on any atom is -0.495 e. The summed E-state index contributed by atoms with van der Waals surface area (Å²) in [6.07, 6.45) is 1.70. The van der Waals surface area contributed by atoms with Crippen molar-refractivity contribution in [1.82, 2.24) is 0 Å². The lowest BCUT2D eigenvalue weighted by Gasteiger charge is -2.08. The van der Waals surface area contributed by atoms with E-state index in [0.717, 1.165) is 18.7 Å². The molecule has 4 nitrogen and oxygen atoms in total. The van der Waals surface area contributed by atoms with Gasteiger partial charge in [0, 0.05) is 24.7 Å². The van der Waals surface area contributed by atoms with Crippen molar-refractivity contribution in [2.24, 2.45) is 0 Å². The van der Waals surface area contributed by atoms with Crippen molar-refractivity contribution in [3.63, 3.8) is 0 Å². The number of aliphatic carboxylic acids is 1. The number of nitrogens with one attached hydrogen (secondary N) is 1. The number of rotatable bonds is 7. The highest BCUT2D eigenvalue weighted by Crippen LogP contribution is 2.27.